The molecular formula is C8H13F3N4O. The van der Waals surface area contributed by atoms with E-state index < -0.39 is 12.8 Å². The summed E-state index contributed by atoms with van der Waals surface area (Å²) in [6.07, 6.45) is -4.05. The molecule has 0 saturated heterocycles. The van der Waals surface area contributed by atoms with Crippen LogP contribution in [0, 0.1) is 0 Å². The smallest absolute Gasteiger partial charge is 0.372 e. The van der Waals surface area contributed by atoms with Crippen molar-refractivity contribution in [1.82, 2.24) is 15.2 Å². The summed E-state index contributed by atoms with van der Waals surface area (Å²) in [5.41, 5.74) is 5.51. The Morgan fingerprint density at radius 1 is 1.50 bits per heavy atom. The van der Waals surface area contributed by atoms with E-state index in [2.05, 4.69) is 19.9 Å². The number of nitrogens with one attached hydrogen (secondary N) is 1. The van der Waals surface area contributed by atoms with Gasteiger partial charge < -0.3 is 10.5 Å². The number of nitrogens with two attached hydrogens (primary N) is 1. The van der Waals surface area contributed by atoms with Crippen LogP contribution in [0.1, 0.15) is 24.6 Å². The number of H-pyrrole nitrogens is 1. The summed E-state index contributed by atoms with van der Waals surface area (Å²) in [5.74, 6) is 0.903. The van der Waals surface area contributed by atoms with Crippen molar-refractivity contribution in [3.8, 4) is 0 Å². The van der Waals surface area contributed by atoms with Gasteiger partial charge >= 0.3 is 6.18 Å². The van der Waals surface area contributed by atoms with Crippen molar-refractivity contribution in [2.24, 2.45) is 5.73 Å². The van der Waals surface area contributed by atoms with Gasteiger partial charge in [0.25, 0.3) is 0 Å². The van der Waals surface area contributed by atoms with Crippen LogP contribution in [0.4, 0.5) is 13.2 Å². The third-order valence-corrected chi connectivity index (χ3v) is 1.71. The molecule has 0 spiro atoms. The lowest BCUT2D eigenvalue weighted by atomic mass is 10.3. The lowest BCUT2D eigenvalue weighted by Gasteiger charge is -2.05. The summed E-state index contributed by atoms with van der Waals surface area (Å²) in [6.45, 7) is 0.404. The summed E-state index contributed by atoms with van der Waals surface area (Å²) in [5, 5.41) is 6.39. The van der Waals surface area contributed by atoms with Crippen LogP contribution < -0.4 is 5.73 Å². The Balaban J connectivity index is 2.27. The topological polar surface area (TPSA) is 76.8 Å². The molecule has 1 aromatic rings. The van der Waals surface area contributed by atoms with Crippen LogP contribution >= 0.6 is 0 Å². The summed E-state index contributed by atoms with van der Waals surface area (Å²) in [4.78, 5) is 3.99. The number of rotatable bonds is 5. The van der Waals surface area contributed by atoms with Gasteiger partial charge in [0.15, 0.2) is 5.82 Å². The summed E-state index contributed by atoms with van der Waals surface area (Å²) in [7, 11) is 0. The number of hydrogen-bond acceptors (Lipinski definition) is 4. The fourth-order valence-corrected chi connectivity index (χ4v) is 0.982. The Morgan fingerprint density at radius 3 is 2.69 bits per heavy atom. The van der Waals surface area contributed by atoms with Gasteiger partial charge in [0.05, 0.1) is 12.6 Å². The Hall–Kier alpha value is -1.15. The van der Waals surface area contributed by atoms with Crippen molar-refractivity contribution >= 4 is 0 Å². The molecule has 1 heterocycles. The maximum Gasteiger partial charge on any atom is 0.411 e. The monoisotopic (exact) mass is 238 g/mol. The van der Waals surface area contributed by atoms with Crippen LogP contribution in [0.15, 0.2) is 0 Å². The maximum absolute atomic E-state index is 11.7. The molecule has 3 N–H and O–H groups in total. The lowest BCUT2D eigenvalue weighted by Crippen LogP contribution is -2.18. The summed E-state index contributed by atoms with van der Waals surface area (Å²) in [6, 6.07) is -0.305. The first-order valence-corrected chi connectivity index (χ1v) is 4.70. The van der Waals surface area contributed by atoms with E-state index in [0.29, 0.717) is 11.6 Å². The molecule has 16 heavy (non-hydrogen) atoms. The number of aromatic amines is 1. The highest BCUT2D eigenvalue weighted by Crippen LogP contribution is 2.14. The number of hydrogen-bond donors (Lipinski definition) is 2. The van der Waals surface area contributed by atoms with E-state index in [1.54, 1.807) is 6.92 Å². The zero-order chi connectivity index (χ0) is 12.2. The second-order valence-electron chi connectivity index (χ2n) is 3.35. The van der Waals surface area contributed by atoms with Gasteiger partial charge in [0.1, 0.15) is 12.4 Å². The molecule has 0 aliphatic carbocycles. The fraction of sp³-hybridized carbons (Fsp3) is 0.750. The number of nitrogens with zero attached hydrogens (tertiary/aromatic N) is 2. The van der Waals surface area contributed by atoms with E-state index in [0.717, 1.165) is 0 Å². The first-order valence-electron chi connectivity index (χ1n) is 4.70. The van der Waals surface area contributed by atoms with Gasteiger partial charge in [0.2, 0.25) is 0 Å². The molecule has 0 fully saturated rings. The van der Waals surface area contributed by atoms with Gasteiger partial charge in [0, 0.05) is 6.42 Å². The van der Waals surface area contributed by atoms with E-state index >= 15 is 0 Å². The minimum Gasteiger partial charge on any atom is -0.372 e. The molecule has 0 aliphatic rings. The first-order chi connectivity index (χ1) is 7.38. The molecule has 1 unspecified atom stereocenters. The van der Waals surface area contributed by atoms with Crippen LogP contribution in [-0.2, 0) is 11.2 Å². The van der Waals surface area contributed by atoms with Gasteiger partial charge in [-0.25, -0.2) is 4.98 Å². The third kappa shape index (κ3) is 4.58. The molecule has 92 valence electrons. The quantitative estimate of drug-likeness (QED) is 0.748. The van der Waals surface area contributed by atoms with E-state index in [1.807, 2.05) is 0 Å². The molecule has 0 radical (unpaired) electrons. The molecule has 0 amide bonds. The normalized spacial score (nSPS) is 14.1. The molecule has 5 nitrogen and oxygen atoms in total. The molecule has 1 aromatic heterocycles. The first kappa shape index (κ1) is 12.9. The van der Waals surface area contributed by atoms with Gasteiger partial charge in [-0.2, -0.15) is 18.3 Å². The fourth-order valence-electron chi connectivity index (χ4n) is 0.982. The molecule has 0 aliphatic heterocycles. The van der Waals surface area contributed by atoms with Crippen molar-refractivity contribution in [2.75, 3.05) is 13.2 Å². The van der Waals surface area contributed by atoms with Crippen LogP contribution in [0.5, 0.6) is 0 Å². The SMILES string of the molecule is CC(N)c1n[nH]c(CCOCC(F)(F)F)n1. The minimum absolute atomic E-state index is 0.0624. The largest absolute Gasteiger partial charge is 0.411 e. The Kier molecular flexibility index (Phi) is 4.25. The Morgan fingerprint density at radius 2 is 2.19 bits per heavy atom. The van der Waals surface area contributed by atoms with E-state index in [1.165, 1.54) is 0 Å². The van der Waals surface area contributed by atoms with E-state index in [9.17, 15) is 13.2 Å². The second kappa shape index (κ2) is 5.26. The van der Waals surface area contributed by atoms with Gasteiger partial charge in [-0.3, -0.25) is 5.10 Å². The minimum atomic E-state index is -4.29. The Labute approximate surface area is 90.2 Å². The number of alkyl halides is 3. The standard InChI is InChI=1S/C8H13F3N4O/c1-5(12)7-13-6(14-15-7)2-3-16-4-8(9,10)11/h5H,2-4,12H2,1H3,(H,13,14,15). The maximum atomic E-state index is 11.7. The van der Waals surface area contributed by atoms with Crippen molar-refractivity contribution < 1.29 is 17.9 Å². The summed E-state index contributed by atoms with van der Waals surface area (Å²) >= 11 is 0. The molecule has 1 atom stereocenters. The van der Waals surface area contributed by atoms with E-state index in [4.69, 9.17) is 5.73 Å². The predicted molar refractivity (Wildman–Crippen MR) is 49.6 cm³/mol. The van der Waals surface area contributed by atoms with Gasteiger partial charge in [-0.05, 0) is 6.92 Å². The van der Waals surface area contributed by atoms with Crippen LogP contribution in [0.25, 0.3) is 0 Å². The lowest BCUT2D eigenvalue weighted by molar-refractivity contribution is -0.173. The predicted octanol–water partition coefficient (Wildman–Crippen LogP) is 0.946. The molecule has 8 heteroatoms. The van der Waals surface area contributed by atoms with Gasteiger partial charge in [-0.1, -0.05) is 0 Å². The van der Waals surface area contributed by atoms with Crippen molar-refractivity contribution in [3.05, 3.63) is 11.6 Å². The number of halogens is 3. The van der Waals surface area contributed by atoms with Crippen molar-refractivity contribution in [2.45, 2.75) is 25.6 Å². The molecule has 0 saturated carbocycles. The van der Waals surface area contributed by atoms with Crippen molar-refractivity contribution in [1.29, 1.82) is 0 Å². The average molecular weight is 238 g/mol. The number of aromatic nitrogens is 3. The van der Waals surface area contributed by atoms with Gasteiger partial charge in [-0.15, -0.1) is 0 Å². The highest BCUT2D eigenvalue weighted by Gasteiger charge is 2.27. The van der Waals surface area contributed by atoms with Crippen LogP contribution in [-0.4, -0.2) is 34.6 Å². The average Bonchev–Trinajstić information content (AvgIpc) is 2.59. The molecule has 0 aromatic carbocycles. The number of ether oxygens (including phenoxy) is 1. The third-order valence-electron chi connectivity index (χ3n) is 1.71. The molecule has 0 bridgehead atoms. The van der Waals surface area contributed by atoms with Crippen molar-refractivity contribution in [3.63, 3.8) is 0 Å². The molecule has 1 rings (SSSR count). The summed E-state index contributed by atoms with van der Waals surface area (Å²) < 4.78 is 39.6. The van der Waals surface area contributed by atoms with Crippen LogP contribution in [0.2, 0.25) is 0 Å². The zero-order valence-electron chi connectivity index (χ0n) is 8.71. The van der Waals surface area contributed by atoms with E-state index in [-0.39, 0.29) is 19.1 Å². The highest BCUT2D eigenvalue weighted by molar-refractivity contribution is 4.94. The Bertz CT molecular complexity index is 323. The second-order valence-corrected chi connectivity index (χ2v) is 3.35. The van der Waals surface area contributed by atoms with Crippen LogP contribution in [0.3, 0.4) is 0 Å². The highest BCUT2D eigenvalue weighted by atomic mass is 19.4. The zero-order valence-corrected chi connectivity index (χ0v) is 8.71. The molecular weight excluding hydrogens is 225 g/mol.